The zero-order valence-corrected chi connectivity index (χ0v) is 15.3. The Morgan fingerprint density at radius 2 is 1.92 bits per heavy atom. The minimum Gasteiger partial charge on any atom is -0.497 e. The van der Waals surface area contributed by atoms with Gasteiger partial charge in [0.15, 0.2) is 11.5 Å². The molecule has 1 aromatic heterocycles. The van der Waals surface area contributed by atoms with Crippen LogP contribution in [-0.4, -0.2) is 51.1 Å². The summed E-state index contributed by atoms with van der Waals surface area (Å²) in [6.45, 7) is 7.56. The first kappa shape index (κ1) is 18.9. The van der Waals surface area contributed by atoms with Crippen LogP contribution < -0.4 is 9.47 Å². The zero-order chi connectivity index (χ0) is 18.1. The van der Waals surface area contributed by atoms with Crippen LogP contribution in [0.25, 0.3) is 0 Å². The van der Waals surface area contributed by atoms with Crippen molar-refractivity contribution in [2.45, 2.75) is 13.8 Å². The highest BCUT2D eigenvalue weighted by atomic mass is 16.6. The summed E-state index contributed by atoms with van der Waals surface area (Å²) in [5.74, 6) is 1.97. The molecule has 0 aliphatic carbocycles. The van der Waals surface area contributed by atoms with Crippen molar-refractivity contribution in [3.8, 4) is 11.5 Å². The molecule has 6 heteroatoms. The average molecular weight is 346 g/mol. The number of furan rings is 1. The summed E-state index contributed by atoms with van der Waals surface area (Å²) in [7, 11) is 3.23. The van der Waals surface area contributed by atoms with E-state index in [1.807, 2.05) is 30.3 Å². The summed E-state index contributed by atoms with van der Waals surface area (Å²) in [6.07, 6.45) is 1.61. The fraction of sp³-hybridized carbons (Fsp3) is 0.421. The molecule has 0 aliphatic heterocycles. The Morgan fingerprint density at radius 3 is 2.52 bits per heavy atom. The van der Waals surface area contributed by atoms with Gasteiger partial charge in [-0.05, 0) is 37.4 Å². The Bertz CT molecular complexity index is 664. The fourth-order valence-electron chi connectivity index (χ4n) is 2.45. The molecule has 1 heterocycles. The molecule has 0 atom stereocenters. The van der Waals surface area contributed by atoms with Crippen molar-refractivity contribution in [1.82, 2.24) is 4.90 Å². The second-order valence-electron chi connectivity index (χ2n) is 5.34. The smallest absolute Gasteiger partial charge is 0.156 e. The van der Waals surface area contributed by atoms with Gasteiger partial charge in [-0.3, -0.25) is 0 Å². The molecule has 2 aromatic rings. The number of ether oxygens (including phenoxy) is 2. The van der Waals surface area contributed by atoms with Gasteiger partial charge >= 0.3 is 0 Å². The van der Waals surface area contributed by atoms with E-state index in [2.05, 4.69) is 23.9 Å². The Labute approximate surface area is 149 Å². The SMILES string of the molecule is CCN(CC)CCON=C(c1ccco1)c1ccc(OC)cc1OC. The van der Waals surface area contributed by atoms with Crippen LogP contribution in [0.3, 0.4) is 0 Å². The van der Waals surface area contributed by atoms with Gasteiger partial charge < -0.3 is 23.6 Å². The van der Waals surface area contributed by atoms with Crippen molar-refractivity contribution in [3.63, 3.8) is 0 Å². The number of likely N-dealkylation sites (N-methyl/N-ethyl adjacent to an activating group) is 1. The van der Waals surface area contributed by atoms with Gasteiger partial charge in [0.1, 0.15) is 18.1 Å². The van der Waals surface area contributed by atoms with E-state index in [-0.39, 0.29) is 0 Å². The van der Waals surface area contributed by atoms with Crippen LogP contribution in [0.2, 0.25) is 0 Å². The number of oxime groups is 1. The van der Waals surface area contributed by atoms with E-state index in [9.17, 15) is 0 Å². The highest BCUT2D eigenvalue weighted by molar-refractivity contribution is 6.12. The first-order valence-corrected chi connectivity index (χ1v) is 8.42. The molecule has 25 heavy (non-hydrogen) atoms. The maximum atomic E-state index is 5.56. The molecule has 2 rings (SSSR count). The highest BCUT2D eigenvalue weighted by Crippen LogP contribution is 2.27. The lowest BCUT2D eigenvalue weighted by atomic mass is 10.1. The predicted octanol–water partition coefficient (Wildman–Crippen LogP) is 3.41. The Morgan fingerprint density at radius 1 is 1.12 bits per heavy atom. The number of nitrogens with zero attached hydrogens (tertiary/aromatic N) is 2. The molecule has 0 amide bonds. The summed E-state index contributed by atoms with van der Waals surface area (Å²) in [6, 6.07) is 9.20. The predicted molar refractivity (Wildman–Crippen MR) is 97.6 cm³/mol. The van der Waals surface area contributed by atoms with E-state index in [0.717, 1.165) is 25.2 Å². The van der Waals surface area contributed by atoms with Crippen molar-refractivity contribution < 1.29 is 18.7 Å². The molecule has 1 aromatic carbocycles. The minimum atomic E-state index is 0.504. The van der Waals surface area contributed by atoms with Gasteiger partial charge in [-0.2, -0.15) is 0 Å². The van der Waals surface area contributed by atoms with Crippen molar-refractivity contribution in [1.29, 1.82) is 0 Å². The van der Waals surface area contributed by atoms with Crippen molar-refractivity contribution in [3.05, 3.63) is 47.9 Å². The van der Waals surface area contributed by atoms with Gasteiger partial charge in [0.25, 0.3) is 0 Å². The van der Waals surface area contributed by atoms with Crippen LogP contribution in [-0.2, 0) is 4.84 Å². The third-order valence-electron chi connectivity index (χ3n) is 3.97. The first-order valence-electron chi connectivity index (χ1n) is 8.42. The second-order valence-corrected chi connectivity index (χ2v) is 5.34. The summed E-state index contributed by atoms with van der Waals surface area (Å²) < 4.78 is 16.3. The number of benzene rings is 1. The van der Waals surface area contributed by atoms with Gasteiger partial charge in [-0.1, -0.05) is 19.0 Å². The molecular weight excluding hydrogens is 320 g/mol. The molecule has 0 aliphatic rings. The Kier molecular flexibility index (Phi) is 7.35. The third kappa shape index (κ3) is 5.00. The maximum absolute atomic E-state index is 5.56. The standard InChI is InChI=1S/C19H26N2O4/c1-5-21(6-2)11-13-25-20-19(17-8-7-12-24-17)16-10-9-15(22-3)14-18(16)23-4/h7-10,12,14H,5-6,11,13H2,1-4H3. The monoisotopic (exact) mass is 346 g/mol. The van der Waals surface area contributed by atoms with Crippen LogP contribution in [0.5, 0.6) is 11.5 Å². The molecule has 0 fully saturated rings. The molecule has 0 saturated heterocycles. The van der Waals surface area contributed by atoms with E-state index in [0.29, 0.717) is 29.6 Å². The normalized spacial score (nSPS) is 11.6. The van der Waals surface area contributed by atoms with Gasteiger partial charge in [0.05, 0.1) is 20.5 Å². The lowest BCUT2D eigenvalue weighted by Crippen LogP contribution is -2.26. The Balaban J connectivity index is 2.24. The van der Waals surface area contributed by atoms with Crippen LogP contribution in [0, 0.1) is 0 Å². The lowest BCUT2D eigenvalue weighted by molar-refractivity contribution is 0.114. The van der Waals surface area contributed by atoms with Gasteiger partial charge in [0, 0.05) is 18.2 Å². The van der Waals surface area contributed by atoms with Crippen molar-refractivity contribution in [2.24, 2.45) is 5.16 Å². The summed E-state index contributed by atoms with van der Waals surface area (Å²) in [5.41, 5.74) is 1.37. The summed E-state index contributed by atoms with van der Waals surface area (Å²) in [5, 5.41) is 4.32. The molecule has 0 radical (unpaired) electrons. The Hall–Kier alpha value is -2.47. The molecule has 0 saturated carbocycles. The molecule has 136 valence electrons. The van der Waals surface area contributed by atoms with E-state index >= 15 is 0 Å². The fourth-order valence-corrected chi connectivity index (χ4v) is 2.45. The van der Waals surface area contributed by atoms with Crippen LogP contribution >= 0.6 is 0 Å². The minimum absolute atomic E-state index is 0.504. The number of hydrogen-bond acceptors (Lipinski definition) is 6. The quantitative estimate of drug-likeness (QED) is 0.375. The highest BCUT2D eigenvalue weighted by Gasteiger charge is 2.17. The topological polar surface area (TPSA) is 56.4 Å². The van der Waals surface area contributed by atoms with Gasteiger partial charge in [-0.15, -0.1) is 0 Å². The third-order valence-corrected chi connectivity index (χ3v) is 3.97. The van der Waals surface area contributed by atoms with E-state index in [1.165, 1.54) is 0 Å². The first-order chi connectivity index (χ1) is 12.2. The number of rotatable bonds is 10. The lowest BCUT2D eigenvalue weighted by Gasteiger charge is -2.16. The van der Waals surface area contributed by atoms with Crippen LogP contribution in [0.4, 0.5) is 0 Å². The number of methoxy groups -OCH3 is 2. The van der Waals surface area contributed by atoms with E-state index in [1.54, 1.807) is 20.5 Å². The van der Waals surface area contributed by atoms with Crippen molar-refractivity contribution in [2.75, 3.05) is 40.5 Å². The van der Waals surface area contributed by atoms with Gasteiger partial charge in [0.2, 0.25) is 0 Å². The van der Waals surface area contributed by atoms with Gasteiger partial charge in [-0.25, -0.2) is 0 Å². The largest absolute Gasteiger partial charge is 0.497 e. The van der Waals surface area contributed by atoms with E-state index < -0.39 is 0 Å². The summed E-state index contributed by atoms with van der Waals surface area (Å²) in [4.78, 5) is 7.84. The molecule has 0 unspecified atom stereocenters. The van der Waals surface area contributed by atoms with Crippen LogP contribution in [0.1, 0.15) is 25.2 Å². The van der Waals surface area contributed by atoms with E-state index in [4.69, 9.17) is 18.7 Å². The molecule has 0 spiro atoms. The summed E-state index contributed by atoms with van der Waals surface area (Å²) >= 11 is 0. The second kappa shape index (κ2) is 9.74. The van der Waals surface area contributed by atoms with Crippen molar-refractivity contribution >= 4 is 5.71 Å². The molecule has 6 nitrogen and oxygen atoms in total. The zero-order valence-electron chi connectivity index (χ0n) is 15.3. The number of hydrogen-bond donors (Lipinski definition) is 0. The molecule has 0 N–H and O–H groups in total. The maximum Gasteiger partial charge on any atom is 0.156 e. The molecular formula is C19H26N2O4. The average Bonchev–Trinajstić information content (AvgIpc) is 3.19. The molecule has 0 bridgehead atoms. The van der Waals surface area contributed by atoms with Crippen LogP contribution in [0.15, 0.2) is 46.2 Å².